The number of aromatic hydroxyl groups is 1. The summed E-state index contributed by atoms with van der Waals surface area (Å²) in [5.41, 5.74) is 7.22. The fraction of sp³-hybridized carbons (Fsp3) is 0.167. The van der Waals surface area contributed by atoms with Crippen molar-refractivity contribution in [2.24, 2.45) is 0 Å². The fourth-order valence-corrected chi connectivity index (χ4v) is 1.87. The van der Waals surface area contributed by atoms with Crippen molar-refractivity contribution in [2.45, 2.75) is 13.0 Å². The molecule has 3 N–H and O–H groups in total. The van der Waals surface area contributed by atoms with Crippen LogP contribution in [0, 0.1) is 0 Å². The second kappa shape index (κ2) is 4.06. The Labute approximate surface area is 103 Å². The molecule has 3 rings (SSSR count). The van der Waals surface area contributed by atoms with Crippen LogP contribution in [0.4, 0.5) is 5.82 Å². The van der Waals surface area contributed by atoms with Crippen LogP contribution in [0.25, 0.3) is 11.4 Å². The van der Waals surface area contributed by atoms with Gasteiger partial charge in [-0.15, -0.1) is 0 Å². The predicted molar refractivity (Wildman–Crippen MR) is 65.1 cm³/mol. The average Bonchev–Trinajstić information content (AvgIpc) is 2.97. The monoisotopic (exact) mass is 244 g/mol. The molecule has 0 saturated carbocycles. The van der Waals surface area contributed by atoms with Gasteiger partial charge in [-0.3, -0.25) is 0 Å². The zero-order valence-corrected chi connectivity index (χ0v) is 9.58. The summed E-state index contributed by atoms with van der Waals surface area (Å²) in [5.74, 6) is 0.956. The van der Waals surface area contributed by atoms with Crippen LogP contribution in [-0.2, 0) is 13.0 Å². The third-order valence-electron chi connectivity index (χ3n) is 2.82. The first-order valence-electron chi connectivity index (χ1n) is 5.55. The number of rotatable bonds is 3. The zero-order valence-electron chi connectivity index (χ0n) is 9.58. The zero-order chi connectivity index (χ0) is 12.5. The molecule has 0 saturated heterocycles. The smallest absolute Gasteiger partial charge is 0.203 e. The molecule has 0 amide bonds. The second-order valence-corrected chi connectivity index (χ2v) is 4.06. The van der Waals surface area contributed by atoms with E-state index in [9.17, 15) is 5.11 Å². The van der Waals surface area contributed by atoms with Crippen LogP contribution in [0.1, 0.15) is 5.56 Å². The number of nitrogens with two attached hydrogens (primary N) is 1. The van der Waals surface area contributed by atoms with Crippen LogP contribution in [0.15, 0.2) is 35.4 Å². The molecule has 6 nitrogen and oxygen atoms in total. The van der Waals surface area contributed by atoms with E-state index in [0.29, 0.717) is 23.8 Å². The Kier molecular flexibility index (Phi) is 2.40. The minimum absolute atomic E-state index is 0.132. The number of furan rings is 1. The van der Waals surface area contributed by atoms with E-state index in [1.165, 1.54) is 0 Å². The van der Waals surface area contributed by atoms with Crippen LogP contribution in [-0.4, -0.2) is 19.6 Å². The highest BCUT2D eigenvalue weighted by molar-refractivity contribution is 5.68. The van der Waals surface area contributed by atoms with Gasteiger partial charge in [0, 0.05) is 6.54 Å². The summed E-state index contributed by atoms with van der Waals surface area (Å²) in [6.45, 7) is 0.611. The topological polar surface area (TPSA) is 90.1 Å². The molecule has 0 atom stereocenters. The molecule has 0 bridgehead atoms. The van der Waals surface area contributed by atoms with Gasteiger partial charge >= 0.3 is 0 Å². The van der Waals surface area contributed by atoms with E-state index in [4.69, 9.17) is 10.2 Å². The maximum atomic E-state index is 10.1. The fourth-order valence-electron chi connectivity index (χ4n) is 1.87. The van der Waals surface area contributed by atoms with E-state index in [1.54, 1.807) is 29.5 Å². The largest absolute Gasteiger partial charge is 0.494 e. The van der Waals surface area contributed by atoms with Gasteiger partial charge in [0.05, 0.1) is 24.4 Å². The van der Waals surface area contributed by atoms with Crippen molar-refractivity contribution in [3.8, 4) is 17.3 Å². The minimum Gasteiger partial charge on any atom is -0.494 e. The molecular formula is C12H12N4O2. The molecule has 6 heteroatoms. The maximum absolute atomic E-state index is 10.1. The van der Waals surface area contributed by atoms with Gasteiger partial charge in [-0.05, 0) is 24.1 Å². The molecule has 1 aromatic heterocycles. The summed E-state index contributed by atoms with van der Waals surface area (Å²) in [6, 6.07) is 3.51. The van der Waals surface area contributed by atoms with E-state index < -0.39 is 0 Å². The van der Waals surface area contributed by atoms with Crippen molar-refractivity contribution in [3.63, 3.8) is 0 Å². The summed E-state index contributed by atoms with van der Waals surface area (Å²) in [7, 11) is 0. The van der Waals surface area contributed by atoms with Crippen molar-refractivity contribution in [1.29, 1.82) is 0 Å². The van der Waals surface area contributed by atoms with Crippen LogP contribution < -0.4 is 5.73 Å². The molecule has 3 heterocycles. The molecular weight excluding hydrogens is 232 g/mol. The molecule has 0 radical (unpaired) electrons. The predicted octanol–water partition coefficient (Wildman–Crippen LogP) is 1.51. The first-order chi connectivity index (χ1) is 8.74. The van der Waals surface area contributed by atoms with Crippen molar-refractivity contribution in [3.05, 3.63) is 36.5 Å². The van der Waals surface area contributed by atoms with Gasteiger partial charge < -0.3 is 19.8 Å². The summed E-state index contributed by atoms with van der Waals surface area (Å²) < 4.78 is 6.66. The molecule has 0 unspecified atom stereocenters. The summed E-state index contributed by atoms with van der Waals surface area (Å²) >= 11 is 0. The number of fused-ring (bicyclic) bond motifs is 1. The van der Waals surface area contributed by atoms with Crippen LogP contribution in [0.5, 0.6) is 5.88 Å². The number of hydrogen-bond acceptors (Lipinski definition) is 5. The van der Waals surface area contributed by atoms with Gasteiger partial charge in [0.1, 0.15) is 5.82 Å². The normalized spacial score (nSPS) is 11.1. The molecule has 1 aromatic rings. The Balaban J connectivity index is 1.88. The van der Waals surface area contributed by atoms with E-state index >= 15 is 0 Å². The summed E-state index contributed by atoms with van der Waals surface area (Å²) in [5, 5.41) is 10.1. The number of hydrogen-bond donors (Lipinski definition) is 2. The number of nitrogen functional groups attached to an aromatic ring is 1. The standard InChI is InChI=1S/C12H12N4O2/c13-10-5-9-11(15-10)14-7-16(12(9)17)3-1-8-2-4-18-6-8/h2,4-7,17H,1,3,13H2. The Morgan fingerprint density at radius 1 is 1.44 bits per heavy atom. The molecule has 2 aliphatic heterocycles. The highest BCUT2D eigenvalue weighted by atomic mass is 16.3. The number of anilines is 1. The third kappa shape index (κ3) is 1.77. The number of aryl methyl sites for hydroxylation is 2. The van der Waals surface area contributed by atoms with E-state index in [1.807, 2.05) is 6.07 Å². The Bertz CT molecular complexity index is 630. The first-order valence-corrected chi connectivity index (χ1v) is 5.55. The molecule has 18 heavy (non-hydrogen) atoms. The van der Waals surface area contributed by atoms with E-state index in [-0.39, 0.29) is 5.88 Å². The second-order valence-electron chi connectivity index (χ2n) is 4.06. The summed E-state index contributed by atoms with van der Waals surface area (Å²) in [6.07, 6.45) is 5.63. The molecule has 0 fully saturated rings. The molecule has 2 aliphatic rings. The van der Waals surface area contributed by atoms with E-state index in [0.717, 1.165) is 12.0 Å². The molecule has 0 aromatic carbocycles. The third-order valence-corrected chi connectivity index (χ3v) is 2.82. The van der Waals surface area contributed by atoms with Crippen LogP contribution in [0.2, 0.25) is 0 Å². The van der Waals surface area contributed by atoms with Crippen molar-refractivity contribution in [2.75, 3.05) is 5.73 Å². The molecule has 92 valence electrons. The van der Waals surface area contributed by atoms with Crippen LogP contribution in [0.3, 0.4) is 0 Å². The van der Waals surface area contributed by atoms with Gasteiger partial charge in [-0.2, -0.15) is 0 Å². The Morgan fingerprint density at radius 2 is 2.33 bits per heavy atom. The number of nitrogens with zero attached hydrogens (tertiary/aromatic N) is 3. The van der Waals surface area contributed by atoms with Gasteiger partial charge in [0.15, 0.2) is 5.82 Å². The van der Waals surface area contributed by atoms with Crippen molar-refractivity contribution in [1.82, 2.24) is 14.5 Å². The van der Waals surface area contributed by atoms with Crippen molar-refractivity contribution >= 4 is 5.82 Å². The van der Waals surface area contributed by atoms with Crippen LogP contribution >= 0.6 is 0 Å². The van der Waals surface area contributed by atoms with Gasteiger partial charge in [-0.1, -0.05) is 0 Å². The quantitative estimate of drug-likeness (QED) is 0.728. The highest BCUT2D eigenvalue weighted by Crippen LogP contribution is 2.30. The maximum Gasteiger partial charge on any atom is 0.203 e. The molecule has 0 spiro atoms. The molecule has 0 aliphatic carbocycles. The van der Waals surface area contributed by atoms with Gasteiger partial charge in [-0.25, -0.2) is 9.97 Å². The number of aromatic nitrogens is 3. The highest BCUT2D eigenvalue weighted by Gasteiger charge is 2.15. The first kappa shape index (κ1) is 10.6. The van der Waals surface area contributed by atoms with Gasteiger partial charge in [0.25, 0.3) is 0 Å². The summed E-state index contributed by atoms with van der Waals surface area (Å²) in [4.78, 5) is 8.15. The lowest BCUT2D eigenvalue weighted by Crippen LogP contribution is -2.05. The average molecular weight is 244 g/mol. The lowest BCUT2D eigenvalue weighted by molar-refractivity contribution is 0.409. The van der Waals surface area contributed by atoms with E-state index in [2.05, 4.69) is 9.97 Å². The lowest BCUT2D eigenvalue weighted by atomic mass is 10.2. The minimum atomic E-state index is 0.132. The Hall–Kier alpha value is -2.50. The SMILES string of the molecule is Nc1cc2c(O)n(CCc3ccoc3)cnc-2n1. The Morgan fingerprint density at radius 3 is 3.11 bits per heavy atom. The van der Waals surface area contributed by atoms with Crippen molar-refractivity contribution < 1.29 is 9.52 Å². The lowest BCUT2D eigenvalue weighted by Gasteiger charge is -2.10. The van der Waals surface area contributed by atoms with Gasteiger partial charge in [0.2, 0.25) is 5.88 Å².